The van der Waals surface area contributed by atoms with Gasteiger partial charge in [0.05, 0.1) is 39.6 Å². The maximum Gasteiger partial charge on any atom is 0.244 e. The van der Waals surface area contributed by atoms with Crippen LogP contribution in [0, 0.1) is 0 Å². The Balaban J connectivity index is 2.01. The standard InChI is InChI=1S/C27H35NO5/c1-21-7-6-9-27(30)28-24(20-33-19-23-10-12-26(31-3)13-11-23)17-22(2)14-16-32-15-5-4-8-25(29)18-21/h4,6-14,24H,5,15-20H2,1-3H3,(H,28,30)/b8-4+,9-6+,21-7-,22-14+/t24-/m1/s1. The van der Waals surface area contributed by atoms with Crippen molar-refractivity contribution in [2.75, 3.05) is 26.9 Å². The van der Waals surface area contributed by atoms with Gasteiger partial charge in [0.15, 0.2) is 5.78 Å². The summed E-state index contributed by atoms with van der Waals surface area (Å²) in [6.45, 7) is 5.76. The summed E-state index contributed by atoms with van der Waals surface area (Å²) in [5.74, 6) is 0.635. The maximum atomic E-state index is 12.4. The number of benzene rings is 1. The van der Waals surface area contributed by atoms with Crippen LogP contribution in [0.4, 0.5) is 0 Å². The second-order valence-electron chi connectivity index (χ2n) is 8.10. The second-order valence-corrected chi connectivity index (χ2v) is 8.10. The van der Waals surface area contributed by atoms with E-state index in [-0.39, 0.29) is 17.7 Å². The van der Waals surface area contributed by atoms with Crippen LogP contribution in [0.3, 0.4) is 0 Å². The lowest BCUT2D eigenvalue weighted by atomic mass is 10.1. The lowest BCUT2D eigenvalue weighted by Gasteiger charge is -2.19. The number of allylic oxidation sites excluding steroid dienone is 4. The van der Waals surface area contributed by atoms with E-state index >= 15 is 0 Å². The van der Waals surface area contributed by atoms with Gasteiger partial charge in [0.25, 0.3) is 0 Å². The van der Waals surface area contributed by atoms with Crippen molar-refractivity contribution < 1.29 is 23.8 Å². The molecule has 0 saturated heterocycles. The quantitative estimate of drug-likeness (QED) is 0.666. The van der Waals surface area contributed by atoms with E-state index in [4.69, 9.17) is 14.2 Å². The van der Waals surface area contributed by atoms with Crippen molar-refractivity contribution in [2.24, 2.45) is 0 Å². The molecule has 1 aliphatic rings. The molecule has 1 atom stereocenters. The summed E-state index contributed by atoms with van der Waals surface area (Å²) in [6, 6.07) is 7.54. The first-order valence-corrected chi connectivity index (χ1v) is 11.2. The monoisotopic (exact) mass is 453 g/mol. The van der Waals surface area contributed by atoms with E-state index in [0.29, 0.717) is 45.7 Å². The van der Waals surface area contributed by atoms with Crippen LogP contribution in [0.15, 0.2) is 71.9 Å². The highest BCUT2D eigenvalue weighted by atomic mass is 16.5. The Labute approximate surface area is 197 Å². The minimum Gasteiger partial charge on any atom is -0.497 e. The van der Waals surface area contributed by atoms with Gasteiger partial charge in [-0.1, -0.05) is 47.6 Å². The summed E-state index contributed by atoms with van der Waals surface area (Å²) in [7, 11) is 1.64. The van der Waals surface area contributed by atoms with Crippen LogP contribution in [-0.4, -0.2) is 44.7 Å². The molecule has 6 heteroatoms. The number of nitrogens with one attached hydrogen (secondary N) is 1. The number of amides is 1. The van der Waals surface area contributed by atoms with Crippen molar-refractivity contribution >= 4 is 11.7 Å². The van der Waals surface area contributed by atoms with Gasteiger partial charge in [-0.15, -0.1) is 0 Å². The van der Waals surface area contributed by atoms with Crippen molar-refractivity contribution in [2.45, 2.75) is 45.8 Å². The summed E-state index contributed by atoms with van der Waals surface area (Å²) in [5.41, 5.74) is 3.04. The molecule has 0 aromatic heterocycles. The zero-order valence-electron chi connectivity index (χ0n) is 19.8. The number of rotatable bonds is 5. The Hall–Kier alpha value is -2.96. The van der Waals surface area contributed by atoms with E-state index in [0.717, 1.165) is 22.5 Å². The van der Waals surface area contributed by atoms with E-state index in [1.54, 1.807) is 25.3 Å². The van der Waals surface area contributed by atoms with Crippen molar-refractivity contribution in [3.05, 3.63) is 77.4 Å². The van der Waals surface area contributed by atoms with Crippen molar-refractivity contribution in [3.63, 3.8) is 0 Å². The highest BCUT2D eigenvalue weighted by molar-refractivity contribution is 5.91. The lowest BCUT2D eigenvalue weighted by Crippen LogP contribution is -2.37. The van der Waals surface area contributed by atoms with E-state index in [1.807, 2.05) is 50.3 Å². The fourth-order valence-electron chi connectivity index (χ4n) is 3.26. The number of hydrogen-bond acceptors (Lipinski definition) is 5. The molecule has 178 valence electrons. The fourth-order valence-corrected chi connectivity index (χ4v) is 3.26. The van der Waals surface area contributed by atoms with Gasteiger partial charge in [-0.2, -0.15) is 0 Å². The summed E-state index contributed by atoms with van der Waals surface area (Å²) >= 11 is 0. The Morgan fingerprint density at radius 3 is 2.64 bits per heavy atom. The van der Waals surface area contributed by atoms with Crippen LogP contribution in [0.5, 0.6) is 5.75 Å². The minimum absolute atomic E-state index is 0.0348. The maximum absolute atomic E-state index is 12.4. The molecule has 0 spiro atoms. The molecule has 0 bridgehead atoms. The SMILES string of the molecule is COc1ccc(COC[C@H]2C/C(C)=C/COCC/C=C/C(=O)C/C(C)=C\C=C\C(=O)N2)cc1. The first kappa shape index (κ1) is 26.3. The molecule has 0 unspecified atom stereocenters. The van der Waals surface area contributed by atoms with Gasteiger partial charge >= 0.3 is 0 Å². The molecular weight excluding hydrogens is 418 g/mol. The molecule has 1 amide bonds. The minimum atomic E-state index is -0.200. The third-order valence-corrected chi connectivity index (χ3v) is 5.03. The van der Waals surface area contributed by atoms with E-state index in [9.17, 15) is 9.59 Å². The van der Waals surface area contributed by atoms with Crippen molar-refractivity contribution in [1.29, 1.82) is 0 Å². The van der Waals surface area contributed by atoms with Gasteiger partial charge in [0.2, 0.25) is 5.91 Å². The van der Waals surface area contributed by atoms with Crippen molar-refractivity contribution in [1.82, 2.24) is 5.32 Å². The largest absolute Gasteiger partial charge is 0.497 e. The molecule has 0 saturated carbocycles. The molecule has 0 aliphatic carbocycles. The van der Waals surface area contributed by atoms with Crippen LogP contribution in [0.25, 0.3) is 0 Å². The Bertz CT molecular complexity index is 880. The lowest BCUT2D eigenvalue weighted by molar-refractivity contribution is -0.117. The molecule has 0 radical (unpaired) electrons. The topological polar surface area (TPSA) is 73.9 Å². The number of ketones is 1. The molecule has 6 nitrogen and oxygen atoms in total. The molecule has 1 aromatic carbocycles. The van der Waals surface area contributed by atoms with Gasteiger partial charge in [0.1, 0.15) is 5.75 Å². The fraction of sp³-hybridized carbons (Fsp3) is 0.407. The second kappa shape index (κ2) is 15.0. The number of carbonyl (C=O) groups excluding carboxylic acids is 2. The van der Waals surface area contributed by atoms with Gasteiger partial charge in [-0.25, -0.2) is 0 Å². The Kier molecular flexibility index (Phi) is 11.9. The van der Waals surface area contributed by atoms with Crippen molar-refractivity contribution in [3.8, 4) is 5.75 Å². The number of methoxy groups -OCH3 is 1. The van der Waals surface area contributed by atoms with Crippen LogP contribution in [-0.2, 0) is 25.7 Å². The third kappa shape index (κ3) is 11.5. The van der Waals surface area contributed by atoms with Crippen LogP contribution < -0.4 is 10.1 Å². The molecule has 1 N–H and O–H groups in total. The summed E-state index contributed by atoms with van der Waals surface area (Å²) in [5, 5.41) is 3.02. The van der Waals surface area contributed by atoms with Gasteiger partial charge in [-0.3, -0.25) is 9.59 Å². The summed E-state index contributed by atoms with van der Waals surface area (Å²) in [4.78, 5) is 24.4. The predicted molar refractivity (Wildman–Crippen MR) is 130 cm³/mol. The van der Waals surface area contributed by atoms with E-state index in [1.165, 1.54) is 6.08 Å². The summed E-state index contributed by atoms with van der Waals surface area (Å²) < 4.78 is 16.7. The average Bonchev–Trinajstić information content (AvgIpc) is 2.78. The predicted octanol–water partition coefficient (Wildman–Crippen LogP) is 4.47. The van der Waals surface area contributed by atoms with Crippen LogP contribution in [0.2, 0.25) is 0 Å². The first-order chi connectivity index (χ1) is 16.0. The number of hydrogen-bond donors (Lipinski definition) is 1. The highest BCUT2D eigenvalue weighted by Gasteiger charge is 2.12. The van der Waals surface area contributed by atoms with E-state index < -0.39 is 0 Å². The highest BCUT2D eigenvalue weighted by Crippen LogP contribution is 2.13. The Morgan fingerprint density at radius 1 is 1.09 bits per heavy atom. The first-order valence-electron chi connectivity index (χ1n) is 11.2. The van der Waals surface area contributed by atoms with Gasteiger partial charge in [0, 0.05) is 12.5 Å². The molecule has 2 rings (SSSR count). The van der Waals surface area contributed by atoms with Crippen LogP contribution >= 0.6 is 0 Å². The van der Waals surface area contributed by atoms with E-state index in [2.05, 4.69) is 5.32 Å². The Morgan fingerprint density at radius 2 is 1.88 bits per heavy atom. The molecular formula is C27H35NO5. The normalized spacial score (nSPS) is 24.3. The zero-order valence-corrected chi connectivity index (χ0v) is 19.8. The molecule has 0 fully saturated rings. The van der Waals surface area contributed by atoms with Gasteiger partial charge < -0.3 is 19.5 Å². The number of ether oxygens (including phenoxy) is 3. The smallest absolute Gasteiger partial charge is 0.244 e. The molecule has 1 aromatic rings. The summed E-state index contributed by atoms with van der Waals surface area (Å²) in [6.07, 6.45) is 12.1. The molecule has 1 heterocycles. The number of carbonyl (C=O) groups is 2. The average molecular weight is 454 g/mol. The van der Waals surface area contributed by atoms with Gasteiger partial charge in [-0.05, 0) is 50.5 Å². The molecule has 1 aliphatic heterocycles. The third-order valence-electron chi connectivity index (χ3n) is 5.03. The zero-order chi connectivity index (χ0) is 23.9. The molecule has 33 heavy (non-hydrogen) atoms. The van der Waals surface area contributed by atoms with Crippen LogP contribution in [0.1, 0.15) is 38.7 Å².